The Morgan fingerprint density at radius 1 is 0.929 bits per heavy atom. The standard InChI is InChI=1S/C35H50N4O3/c1-2-20-39(35(42)36-23-27-12-6-3-7-13-27)31-18-21-37(22-19-31)24-30-25-38(26-32(30)28-14-8-4-9-15-28)33(34(40)41)29-16-10-5-11-17-29/h3-4,6-9,12-15,29-33H,2,5,10-11,16-26H2,1H3,(H,36,42)(H,40,41). The number of hydrogen-bond donors (Lipinski definition) is 2. The van der Waals surface area contributed by atoms with Crippen LogP contribution in [0.5, 0.6) is 0 Å². The van der Waals surface area contributed by atoms with Gasteiger partial charge in [-0.15, -0.1) is 0 Å². The third-order valence-corrected chi connectivity index (χ3v) is 9.94. The first-order valence-corrected chi connectivity index (χ1v) is 16.4. The van der Waals surface area contributed by atoms with Crippen LogP contribution in [0.4, 0.5) is 4.79 Å². The quantitative estimate of drug-likeness (QED) is 0.354. The van der Waals surface area contributed by atoms with Gasteiger partial charge in [-0.25, -0.2) is 4.79 Å². The number of nitrogens with one attached hydrogen (secondary N) is 1. The molecule has 2 aromatic rings. The Morgan fingerprint density at radius 2 is 1.60 bits per heavy atom. The first kappa shape index (κ1) is 30.6. The number of rotatable bonds is 11. The molecule has 7 heteroatoms. The number of piperidine rings is 1. The van der Waals surface area contributed by atoms with Crippen molar-refractivity contribution in [2.45, 2.75) is 82.8 Å². The number of carbonyl (C=O) groups excluding carboxylic acids is 1. The fraction of sp³-hybridized carbons (Fsp3) is 0.600. The van der Waals surface area contributed by atoms with Crippen LogP contribution in [0.2, 0.25) is 0 Å². The van der Waals surface area contributed by atoms with Crippen molar-refractivity contribution in [3.05, 3.63) is 71.8 Å². The number of urea groups is 1. The van der Waals surface area contributed by atoms with Crippen LogP contribution < -0.4 is 5.32 Å². The highest BCUT2D eigenvalue weighted by molar-refractivity contribution is 5.74. The molecule has 2 aromatic carbocycles. The Bertz CT molecular complexity index is 1120. The lowest BCUT2D eigenvalue weighted by Gasteiger charge is -2.39. The molecule has 3 atom stereocenters. The second-order valence-electron chi connectivity index (χ2n) is 12.8. The molecule has 3 fully saturated rings. The third kappa shape index (κ3) is 7.73. The Hall–Kier alpha value is -2.90. The Kier molecular flexibility index (Phi) is 10.9. The predicted octanol–water partition coefficient (Wildman–Crippen LogP) is 5.82. The van der Waals surface area contributed by atoms with E-state index in [-0.39, 0.29) is 24.0 Å². The zero-order valence-electron chi connectivity index (χ0n) is 25.4. The van der Waals surface area contributed by atoms with Crippen molar-refractivity contribution in [2.24, 2.45) is 11.8 Å². The Balaban J connectivity index is 1.21. The highest BCUT2D eigenvalue weighted by Crippen LogP contribution is 2.38. The summed E-state index contributed by atoms with van der Waals surface area (Å²) in [6, 6.07) is 20.8. The zero-order valence-corrected chi connectivity index (χ0v) is 25.4. The van der Waals surface area contributed by atoms with Crippen LogP contribution >= 0.6 is 0 Å². The Labute approximate surface area is 252 Å². The summed E-state index contributed by atoms with van der Waals surface area (Å²) in [5, 5.41) is 13.5. The van der Waals surface area contributed by atoms with E-state index in [0.717, 1.165) is 89.8 Å². The van der Waals surface area contributed by atoms with E-state index in [0.29, 0.717) is 18.4 Å². The van der Waals surface area contributed by atoms with E-state index in [4.69, 9.17) is 0 Å². The minimum atomic E-state index is -0.642. The first-order valence-electron chi connectivity index (χ1n) is 16.4. The summed E-state index contributed by atoms with van der Waals surface area (Å²) in [6.07, 6.45) is 8.52. The van der Waals surface area contributed by atoms with E-state index >= 15 is 0 Å². The number of carboxylic acid groups (broad SMARTS) is 1. The summed E-state index contributed by atoms with van der Waals surface area (Å²) in [5.41, 5.74) is 2.45. The minimum absolute atomic E-state index is 0.0390. The lowest BCUT2D eigenvalue weighted by molar-refractivity contribution is -0.145. The fourth-order valence-corrected chi connectivity index (χ4v) is 7.81. The summed E-state index contributed by atoms with van der Waals surface area (Å²) in [5.74, 6) is 0.363. The number of carboxylic acids is 1. The molecule has 0 spiro atoms. The molecule has 2 aliphatic heterocycles. The number of carbonyl (C=O) groups is 2. The van der Waals surface area contributed by atoms with Gasteiger partial charge in [0.25, 0.3) is 0 Å². The molecular formula is C35H50N4O3. The van der Waals surface area contributed by atoms with Crippen molar-refractivity contribution in [3.63, 3.8) is 0 Å². The maximum Gasteiger partial charge on any atom is 0.321 e. The molecule has 7 nitrogen and oxygen atoms in total. The predicted molar refractivity (Wildman–Crippen MR) is 167 cm³/mol. The molecule has 3 unspecified atom stereocenters. The Morgan fingerprint density at radius 3 is 2.24 bits per heavy atom. The van der Waals surface area contributed by atoms with Gasteiger partial charge in [0.05, 0.1) is 0 Å². The number of amides is 2. The fourth-order valence-electron chi connectivity index (χ4n) is 7.81. The zero-order chi connectivity index (χ0) is 29.3. The van der Waals surface area contributed by atoms with E-state index in [9.17, 15) is 14.7 Å². The van der Waals surface area contributed by atoms with Gasteiger partial charge >= 0.3 is 12.0 Å². The normalized spacial score (nSPS) is 23.5. The van der Waals surface area contributed by atoms with Gasteiger partial charge in [-0.2, -0.15) is 0 Å². The van der Waals surface area contributed by atoms with Crippen molar-refractivity contribution in [2.75, 3.05) is 39.3 Å². The highest BCUT2D eigenvalue weighted by Gasteiger charge is 2.43. The number of hydrogen-bond acceptors (Lipinski definition) is 4. The average Bonchev–Trinajstić information content (AvgIpc) is 3.43. The molecule has 3 aliphatic rings. The monoisotopic (exact) mass is 574 g/mol. The van der Waals surface area contributed by atoms with Gasteiger partial charge in [0.1, 0.15) is 6.04 Å². The molecular weight excluding hydrogens is 524 g/mol. The van der Waals surface area contributed by atoms with E-state index in [1.54, 1.807) is 0 Å². The largest absolute Gasteiger partial charge is 0.480 e. The van der Waals surface area contributed by atoms with Gasteiger partial charge in [-0.05, 0) is 55.1 Å². The van der Waals surface area contributed by atoms with Crippen LogP contribution in [0.25, 0.3) is 0 Å². The number of nitrogens with zero attached hydrogens (tertiary/aromatic N) is 3. The third-order valence-electron chi connectivity index (χ3n) is 9.94. The molecule has 2 N–H and O–H groups in total. The lowest BCUT2D eigenvalue weighted by Crippen LogP contribution is -2.51. The maximum atomic E-state index is 13.2. The lowest BCUT2D eigenvalue weighted by atomic mass is 9.83. The van der Waals surface area contributed by atoms with Gasteiger partial charge in [0.15, 0.2) is 0 Å². The number of likely N-dealkylation sites (tertiary alicyclic amines) is 2. The van der Waals surface area contributed by atoms with E-state index in [1.807, 2.05) is 30.3 Å². The summed E-state index contributed by atoms with van der Waals surface area (Å²) in [7, 11) is 0. The summed E-state index contributed by atoms with van der Waals surface area (Å²) in [6.45, 7) is 8.06. The molecule has 228 valence electrons. The van der Waals surface area contributed by atoms with Gasteiger partial charge in [-0.1, -0.05) is 86.8 Å². The summed E-state index contributed by atoms with van der Waals surface area (Å²) < 4.78 is 0. The van der Waals surface area contributed by atoms with Gasteiger partial charge in [-0.3, -0.25) is 9.69 Å². The van der Waals surface area contributed by atoms with Gasteiger partial charge < -0.3 is 20.2 Å². The smallest absolute Gasteiger partial charge is 0.321 e. The topological polar surface area (TPSA) is 76.1 Å². The molecule has 2 heterocycles. The van der Waals surface area contributed by atoms with Crippen molar-refractivity contribution in [1.29, 1.82) is 0 Å². The second-order valence-corrected chi connectivity index (χ2v) is 12.8. The van der Waals surface area contributed by atoms with Gasteiger partial charge in [0, 0.05) is 57.8 Å². The minimum Gasteiger partial charge on any atom is -0.480 e. The molecule has 2 amide bonds. The number of aliphatic carboxylic acids is 1. The van der Waals surface area contributed by atoms with E-state index < -0.39 is 5.97 Å². The molecule has 0 radical (unpaired) electrons. The van der Waals surface area contributed by atoms with Gasteiger partial charge in [0.2, 0.25) is 0 Å². The molecule has 0 bridgehead atoms. The second kappa shape index (κ2) is 15.0. The highest BCUT2D eigenvalue weighted by atomic mass is 16.4. The van der Waals surface area contributed by atoms with Crippen LogP contribution in [-0.2, 0) is 11.3 Å². The van der Waals surface area contributed by atoms with Crippen LogP contribution in [0, 0.1) is 11.8 Å². The van der Waals surface area contributed by atoms with Crippen molar-refractivity contribution in [3.8, 4) is 0 Å². The first-order chi connectivity index (χ1) is 20.5. The molecule has 0 aromatic heterocycles. The van der Waals surface area contributed by atoms with Crippen LogP contribution in [-0.4, -0.2) is 83.2 Å². The van der Waals surface area contributed by atoms with Crippen LogP contribution in [0.3, 0.4) is 0 Å². The maximum absolute atomic E-state index is 13.2. The molecule has 1 saturated carbocycles. The van der Waals surface area contributed by atoms with Crippen molar-refractivity contribution >= 4 is 12.0 Å². The average molecular weight is 575 g/mol. The van der Waals surface area contributed by atoms with Crippen LogP contribution in [0.1, 0.15) is 75.3 Å². The SMILES string of the molecule is CCCN(C(=O)NCc1ccccc1)C1CCN(CC2CN(C(C(=O)O)C3CCCCC3)CC2c2ccccc2)CC1. The van der Waals surface area contributed by atoms with Crippen molar-refractivity contribution < 1.29 is 14.7 Å². The summed E-state index contributed by atoms with van der Waals surface area (Å²) >= 11 is 0. The van der Waals surface area contributed by atoms with Crippen molar-refractivity contribution in [1.82, 2.24) is 20.0 Å². The summed E-state index contributed by atoms with van der Waals surface area (Å²) in [4.78, 5) is 32.7. The molecule has 5 rings (SSSR count). The molecule has 2 saturated heterocycles. The number of benzene rings is 2. The van der Waals surface area contributed by atoms with Crippen LogP contribution in [0.15, 0.2) is 60.7 Å². The molecule has 1 aliphatic carbocycles. The molecule has 42 heavy (non-hydrogen) atoms. The van der Waals surface area contributed by atoms with E-state index in [1.165, 1.54) is 12.0 Å². The van der Waals surface area contributed by atoms with E-state index in [2.05, 4.69) is 57.3 Å².